The fraction of sp³-hybridized carbons (Fsp3) is 0.448. The number of benzene rings is 1. The van der Waals surface area contributed by atoms with Gasteiger partial charge in [-0.2, -0.15) is 0 Å². The SMILES string of the molecule is CCCC=CC1CC=C(C2=C(c3ccc4c(c3)C(C)C(C)N4C)CNc3[nH]ccc32)CC1. The van der Waals surface area contributed by atoms with Crippen molar-refractivity contribution in [3.63, 3.8) is 0 Å². The molecule has 2 aromatic rings. The fourth-order valence-electron chi connectivity index (χ4n) is 5.72. The van der Waals surface area contributed by atoms with E-state index in [1.165, 1.54) is 58.4 Å². The standard InChI is InChI=1S/C29H37N3/c1-5-6-7-8-21-9-11-22(12-10-21)28-24-15-16-30-29(24)31-18-26(28)23-13-14-27-25(17-23)19(2)20(3)32(27)4/h7-8,11,13-17,19-21,30-31H,5-6,9-10,12,18H2,1-4H3. The Kier molecular flexibility index (Phi) is 5.75. The number of fused-ring (bicyclic) bond motifs is 2. The van der Waals surface area contributed by atoms with Crippen molar-refractivity contribution in [1.29, 1.82) is 0 Å². The van der Waals surface area contributed by atoms with Crippen molar-refractivity contribution in [2.24, 2.45) is 5.92 Å². The van der Waals surface area contributed by atoms with Crippen LogP contribution in [0.1, 0.15) is 75.5 Å². The Bertz CT molecular complexity index is 1080. The molecule has 0 radical (unpaired) electrons. The molecule has 1 aliphatic carbocycles. The number of aromatic amines is 1. The van der Waals surface area contributed by atoms with Crippen molar-refractivity contribution in [1.82, 2.24) is 4.98 Å². The van der Waals surface area contributed by atoms with E-state index in [-0.39, 0.29) is 0 Å². The second-order valence-electron chi connectivity index (χ2n) is 9.87. The van der Waals surface area contributed by atoms with Crippen LogP contribution in [0.4, 0.5) is 11.5 Å². The first-order chi connectivity index (χ1) is 15.6. The third-order valence-corrected chi connectivity index (χ3v) is 7.98. The quantitative estimate of drug-likeness (QED) is 0.488. The highest BCUT2D eigenvalue weighted by Crippen LogP contribution is 2.45. The number of hydrogen-bond donors (Lipinski definition) is 2. The largest absolute Gasteiger partial charge is 0.371 e. The summed E-state index contributed by atoms with van der Waals surface area (Å²) in [5.74, 6) is 2.42. The summed E-state index contributed by atoms with van der Waals surface area (Å²) in [5, 5.41) is 3.64. The first-order valence-electron chi connectivity index (χ1n) is 12.5. The van der Waals surface area contributed by atoms with Crippen LogP contribution in [-0.2, 0) is 0 Å². The van der Waals surface area contributed by atoms with Gasteiger partial charge in [-0.05, 0) is 84.6 Å². The average molecular weight is 428 g/mol. The third-order valence-electron chi connectivity index (χ3n) is 7.98. The molecule has 5 rings (SSSR count). The first kappa shape index (κ1) is 21.2. The number of allylic oxidation sites excluding steroid dienone is 5. The van der Waals surface area contributed by atoms with E-state index in [0.29, 0.717) is 17.9 Å². The highest BCUT2D eigenvalue weighted by molar-refractivity contribution is 6.04. The maximum atomic E-state index is 3.64. The second kappa shape index (κ2) is 8.69. The monoisotopic (exact) mass is 427 g/mol. The van der Waals surface area contributed by atoms with Crippen LogP contribution in [-0.4, -0.2) is 24.6 Å². The van der Waals surface area contributed by atoms with Crippen LogP contribution in [0.25, 0.3) is 11.1 Å². The van der Waals surface area contributed by atoms with E-state index < -0.39 is 0 Å². The van der Waals surface area contributed by atoms with Gasteiger partial charge in [-0.25, -0.2) is 0 Å². The molecule has 3 nitrogen and oxygen atoms in total. The number of unbranched alkanes of at least 4 members (excludes halogenated alkanes) is 1. The van der Waals surface area contributed by atoms with Gasteiger partial charge in [0, 0.05) is 43.0 Å². The lowest BCUT2D eigenvalue weighted by atomic mass is 9.80. The van der Waals surface area contributed by atoms with Gasteiger partial charge in [0.1, 0.15) is 5.82 Å². The van der Waals surface area contributed by atoms with Gasteiger partial charge in [-0.1, -0.05) is 44.6 Å². The molecule has 1 aromatic heterocycles. The molecule has 3 unspecified atom stereocenters. The number of likely N-dealkylation sites (N-methyl/N-ethyl adjacent to an activating group) is 1. The molecule has 1 aromatic carbocycles. The molecule has 0 saturated carbocycles. The minimum Gasteiger partial charge on any atom is -0.371 e. The van der Waals surface area contributed by atoms with Crippen molar-refractivity contribution in [2.75, 3.05) is 23.8 Å². The molecular formula is C29H37N3. The van der Waals surface area contributed by atoms with Gasteiger partial charge in [0.05, 0.1) is 0 Å². The van der Waals surface area contributed by atoms with E-state index in [0.717, 1.165) is 25.2 Å². The summed E-state index contributed by atoms with van der Waals surface area (Å²) in [6.45, 7) is 7.83. The Morgan fingerprint density at radius 3 is 2.84 bits per heavy atom. The van der Waals surface area contributed by atoms with Gasteiger partial charge >= 0.3 is 0 Å². The summed E-state index contributed by atoms with van der Waals surface area (Å²) < 4.78 is 0. The molecule has 2 N–H and O–H groups in total. The number of nitrogens with zero attached hydrogens (tertiary/aromatic N) is 1. The summed E-state index contributed by atoms with van der Waals surface area (Å²) in [7, 11) is 2.23. The molecule has 0 amide bonds. The zero-order valence-electron chi connectivity index (χ0n) is 20.0. The molecule has 0 fully saturated rings. The molecule has 168 valence electrons. The fourth-order valence-corrected chi connectivity index (χ4v) is 5.72. The van der Waals surface area contributed by atoms with Crippen LogP contribution in [0.3, 0.4) is 0 Å². The second-order valence-corrected chi connectivity index (χ2v) is 9.87. The summed E-state index contributed by atoms with van der Waals surface area (Å²) in [4.78, 5) is 5.84. The van der Waals surface area contributed by atoms with Gasteiger partial charge in [0.15, 0.2) is 0 Å². The lowest BCUT2D eigenvalue weighted by Gasteiger charge is -2.28. The van der Waals surface area contributed by atoms with E-state index in [1.54, 1.807) is 0 Å². The molecule has 3 atom stereocenters. The van der Waals surface area contributed by atoms with E-state index in [4.69, 9.17) is 0 Å². The van der Waals surface area contributed by atoms with Gasteiger partial charge < -0.3 is 15.2 Å². The molecule has 3 heteroatoms. The van der Waals surface area contributed by atoms with E-state index in [2.05, 4.69) is 91.7 Å². The number of anilines is 2. The third kappa shape index (κ3) is 3.62. The van der Waals surface area contributed by atoms with Crippen molar-refractivity contribution >= 4 is 22.7 Å². The Morgan fingerprint density at radius 1 is 1.19 bits per heavy atom. The molecular weight excluding hydrogens is 390 g/mol. The first-order valence-corrected chi connectivity index (χ1v) is 12.5. The van der Waals surface area contributed by atoms with Crippen LogP contribution in [0.15, 0.2) is 54.3 Å². The molecule has 32 heavy (non-hydrogen) atoms. The minimum atomic E-state index is 0.549. The molecule has 0 bridgehead atoms. The topological polar surface area (TPSA) is 31.1 Å². The highest BCUT2D eigenvalue weighted by Gasteiger charge is 2.31. The number of nitrogens with one attached hydrogen (secondary N) is 2. The number of H-pyrrole nitrogens is 1. The normalized spacial score (nSPS) is 25.1. The summed E-state index contributed by atoms with van der Waals surface area (Å²) in [5.41, 5.74) is 10.0. The molecule has 2 aliphatic heterocycles. The number of aromatic nitrogens is 1. The van der Waals surface area contributed by atoms with E-state index in [1.807, 2.05) is 0 Å². The zero-order chi connectivity index (χ0) is 22.2. The Balaban J connectivity index is 1.54. The maximum absolute atomic E-state index is 3.64. The number of rotatable bonds is 5. The van der Waals surface area contributed by atoms with Gasteiger partial charge in [-0.15, -0.1) is 0 Å². The molecule has 0 saturated heterocycles. The van der Waals surface area contributed by atoms with Gasteiger partial charge in [-0.3, -0.25) is 0 Å². The highest BCUT2D eigenvalue weighted by atomic mass is 15.2. The summed E-state index contributed by atoms with van der Waals surface area (Å²) >= 11 is 0. The lowest BCUT2D eigenvalue weighted by Crippen LogP contribution is -2.25. The molecule has 0 spiro atoms. The van der Waals surface area contributed by atoms with Crippen molar-refractivity contribution in [3.8, 4) is 0 Å². The lowest BCUT2D eigenvalue weighted by molar-refractivity contribution is 0.572. The molecule has 3 aliphatic rings. The Morgan fingerprint density at radius 2 is 2.06 bits per heavy atom. The van der Waals surface area contributed by atoms with Crippen LogP contribution >= 0.6 is 0 Å². The van der Waals surface area contributed by atoms with E-state index in [9.17, 15) is 0 Å². The van der Waals surface area contributed by atoms with E-state index >= 15 is 0 Å². The van der Waals surface area contributed by atoms with Crippen molar-refractivity contribution in [3.05, 3.63) is 71.0 Å². The Hall–Kier alpha value is -2.68. The van der Waals surface area contributed by atoms with Gasteiger partial charge in [0.2, 0.25) is 0 Å². The van der Waals surface area contributed by atoms with Crippen LogP contribution in [0, 0.1) is 5.92 Å². The van der Waals surface area contributed by atoms with Crippen molar-refractivity contribution < 1.29 is 0 Å². The summed E-state index contributed by atoms with van der Waals surface area (Å²) in [6.07, 6.45) is 15.4. The van der Waals surface area contributed by atoms with Gasteiger partial charge in [0.25, 0.3) is 0 Å². The Labute approximate surface area is 193 Å². The smallest absolute Gasteiger partial charge is 0.111 e. The predicted octanol–water partition coefficient (Wildman–Crippen LogP) is 7.38. The maximum Gasteiger partial charge on any atom is 0.111 e. The summed E-state index contributed by atoms with van der Waals surface area (Å²) in [6, 6.07) is 9.94. The minimum absolute atomic E-state index is 0.549. The molecule has 3 heterocycles. The number of hydrogen-bond acceptors (Lipinski definition) is 2. The van der Waals surface area contributed by atoms with Crippen LogP contribution in [0.5, 0.6) is 0 Å². The van der Waals surface area contributed by atoms with Crippen LogP contribution < -0.4 is 10.2 Å². The zero-order valence-corrected chi connectivity index (χ0v) is 20.0. The van der Waals surface area contributed by atoms with Crippen molar-refractivity contribution in [2.45, 2.75) is 64.8 Å². The average Bonchev–Trinajstić information content (AvgIpc) is 3.38. The van der Waals surface area contributed by atoms with Crippen LogP contribution in [0.2, 0.25) is 0 Å². The predicted molar refractivity (Wildman–Crippen MR) is 138 cm³/mol.